The summed E-state index contributed by atoms with van der Waals surface area (Å²) in [5.74, 6) is 0. The van der Waals surface area contributed by atoms with Crippen LogP contribution in [0.3, 0.4) is 0 Å². The molecule has 0 spiro atoms. The van der Waals surface area contributed by atoms with E-state index in [1.54, 1.807) is 0 Å². The lowest BCUT2D eigenvalue weighted by Gasteiger charge is -2.05. The third-order valence-corrected chi connectivity index (χ3v) is 2.88. The number of anilines is 1. The summed E-state index contributed by atoms with van der Waals surface area (Å²) in [7, 11) is 0.402. The second-order valence-electron chi connectivity index (χ2n) is 2.77. The van der Waals surface area contributed by atoms with E-state index in [0.717, 1.165) is 0 Å². The van der Waals surface area contributed by atoms with Crippen LogP contribution in [0.5, 0.6) is 0 Å². The highest BCUT2D eigenvalue weighted by Crippen LogP contribution is 2.33. The first-order chi connectivity index (χ1) is 7.64. The van der Waals surface area contributed by atoms with E-state index < -0.39 is 42.5 Å². The fourth-order valence-electron chi connectivity index (χ4n) is 0.979. The zero-order valence-electron chi connectivity index (χ0n) is 7.80. The van der Waals surface area contributed by atoms with Crippen molar-refractivity contribution >= 4 is 31.1 Å². The molecule has 7 nitrogen and oxygen atoms in total. The summed E-state index contributed by atoms with van der Waals surface area (Å²) < 4.78 is 46.6. The predicted molar refractivity (Wildman–Crippen MR) is 53.3 cm³/mol. The topological polar surface area (TPSA) is 116 Å². The molecule has 0 amide bonds. The molecule has 0 bridgehead atoms. The Kier molecular flexibility index (Phi) is 3.48. The fraction of sp³-hybridized carbons (Fsp3) is 0.167. The molecule has 0 atom stereocenters. The van der Waals surface area contributed by atoms with Crippen molar-refractivity contribution in [1.29, 1.82) is 0 Å². The van der Waals surface area contributed by atoms with Gasteiger partial charge in [0.2, 0.25) is 0 Å². The van der Waals surface area contributed by atoms with Gasteiger partial charge in [0.15, 0.2) is 5.03 Å². The van der Waals surface area contributed by atoms with E-state index in [4.69, 9.17) is 16.4 Å². The molecule has 0 saturated heterocycles. The predicted octanol–water partition coefficient (Wildman–Crippen LogP) is 1.44. The zero-order valence-corrected chi connectivity index (χ0v) is 9.37. The Bertz CT molecular complexity index is 577. The van der Waals surface area contributed by atoms with Gasteiger partial charge in [0.25, 0.3) is 21.2 Å². The van der Waals surface area contributed by atoms with Crippen LogP contribution >= 0.6 is 10.7 Å². The largest absolute Gasteiger partial charge is 0.391 e. The van der Waals surface area contributed by atoms with Crippen molar-refractivity contribution in [3.63, 3.8) is 0 Å². The van der Waals surface area contributed by atoms with Gasteiger partial charge in [-0.05, 0) is 0 Å². The molecule has 1 rings (SSSR count). The van der Waals surface area contributed by atoms with Gasteiger partial charge in [-0.15, -0.1) is 0 Å². The smallest absolute Gasteiger partial charge is 0.297 e. The average molecular weight is 288 g/mol. The second kappa shape index (κ2) is 4.37. The molecule has 0 unspecified atom stereocenters. The van der Waals surface area contributed by atoms with Gasteiger partial charge in [-0.2, -0.15) is 0 Å². The molecule has 0 aliphatic heterocycles. The SMILES string of the molecule is Nc1c([N+](=O)[O-])cc(S(=O)(=O)Cl)nc1C(F)F. The zero-order chi connectivity index (χ0) is 13.4. The lowest BCUT2D eigenvalue weighted by molar-refractivity contribution is -0.384. The van der Waals surface area contributed by atoms with Gasteiger partial charge in [-0.25, -0.2) is 22.2 Å². The minimum Gasteiger partial charge on any atom is -0.391 e. The van der Waals surface area contributed by atoms with E-state index in [-0.39, 0.29) is 0 Å². The molecule has 1 aromatic heterocycles. The lowest BCUT2D eigenvalue weighted by atomic mass is 10.2. The molecule has 94 valence electrons. The highest BCUT2D eigenvalue weighted by molar-refractivity contribution is 8.13. The van der Waals surface area contributed by atoms with E-state index in [2.05, 4.69) is 4.98 Å². The molecule has 0 radical (unpaired) electrons. The summed E-state index contributed by atoms with van der Waals surface area (Å²) in [4.78, 5) is 12.4. The number of nitrogens with zero attached hydrogens (tertiary/aromatic N) is 2. The van der Waals surface area contributed by atoms with E-state index in [0.29, 0.717) is 6.07 Å². The molecule has 0 aliphatic carbocycles. The highest BCUT2D eigenvalue weighted by atomic mass is 35.7. The van der Waals surface area contributed by atoms with Crippen LogP contribution in [0.15, 0.2) is 11.1 Å². The van der Waals surface area contributed by atoms with Gasteiger partial charge in [-0.3, -0.25) is 10.1 Å². The van der Waals surface area contributed by atoms with Crippen LogP contribution in [-0.2, 0) is 9.05 Å². The monoisotopic (exact) mass is 287 g/mol. The van der Waals surface area contributed by atoms with Crippen molar-refractivity contribution in [2.75, 3.05) is 5.73 Å². The molecule has 2 N–H and O–H groups in total. The summed E-state index contributed by atoms with van der Waals surface area (Å²) in [6.07, 6.45) is -3.26. The minimum absolute atomic E-state index is 0.420. The maximum absolute atomic E-state index is 12.4. The van der Waals surface area contributed by atoms with E-state index in [1.165, 1.54) is 0 Å². The summed E-state index contributed by atoms with van der Waals surface area (Å²) in [6.45, 7) is 0. The molecule has 1 heterocycles. The number of rotatable bonds is 3. The molecule has 0 saturated carbocycles. The lowest BCUT2D eigenvalue weighted by Crippen LogP contribution is -2.07. The second-order valence-corrected chi connectivity index (χ2v) is 5.29. The fourth-order valence-corrected chi connectivity index (χ4v) is 1.68. The molecule has 11 heteroatoms. The minimum atomic E-state index is -4.46. The van der Waals surface area contributed by atoms with Crippen molar-refractivity contribution in [3.05, 3.63) is 21.9 Å². The molecule has 17 heavy (non-hydrogen) atoms. The molecule has 0 aliphatic rings. The van der Waals surface area contributed by atoms with Crippen molar-refractivity contribution in [1.82, 2.24) is 4.98 Å². The van der Waals surface area contributed by atoms with Crippen molar-refractivity contribution in [2.24, 2.45) is 0 Å². The molecular formula is C6H4ClF2N3O4S. The van der Waals surface area contributed by atoms with E-state index >= 15 is 0 Å². The first kappa shape index (κ1) is 13.5. The Morgan fingerprint density at radius 3 is 2.41 bits per heavy atom. The quantitative estimate of drug-likeness (QED) is 0.511. The molecule has 0 aromatic carbocycles. The third kappa shape index (κ3) is 2.77. The standard InChI is InChI=1S/C6H4ClF2N3O4S/c7-17(15,16)3-1-2(12(13)14)4(10)5(11-3)6(8)9/h1,6H,10H2. The number of aromatic nitrogens is 1. The highest BCUT2D eigenvalue weighted by Gasteiger charge is 2.27. The summed E-state index contributed by atoms with van der Waals surface area (Å²) in [6, 6.07) is 0.420. The number of nitro groups is 1. The van der Waals surface area contributed by atoms with Crippen LogP contribution in [0.1, 0.15) is 12.1 Å². The van der Waals surface area contributed by atoms with Gasteiger partial charge < -0.3 is 5.73 Å². The summed E-state index contributed by atoms with van der Waals surface area (Å²) >= 11 is 0. The summed E-state index contributed by atoms with van der Waals surface area (Å²) in [5, 5.41) is 9.44. The van der Waals surface area contributed by atoms with Crippen LogP contribution in [0.2, 0.25) is 0 Å². The maximum Gasteiger partial charge on any atom is 0.297 e. The van der Waals surface area contributed by atoms with Crippen LogP contribution < -0.4 is 5.73 Å². The number of nitrogens with two attached hydrogens (primary N) is 1. The van der Waals surface area contributed by atoms with E-state index in [9.17, 15) is 27.3 Å². The van der Waals surface area contributed by atoms with Crippen LogP contribution in [0.4, 0.5) is 20.2 Å². The molecule has 1 aromatic rings. The van der Waals surface area contributed by atoms with Gasteiger partial charge in [0.05, 0.1) is 11.0 Å². The Morgan fingerprint density at radius 1 is 1.53 bits per heavy atom. The first-order valence-electron chi connectivity index (χ1n) is 3.82. The number of alkyl halides is 2. The Balaban J connectivity index is 3.65. The average Bonchev–Trinajstić information content (AvgIpc) is 2.14. The summed E-state index contributed by atoms with van der Waals surface area (Å²) in [5.41, 5.74) is 1.99. The maximum atomic E-state index is 12.4. The number of hydrogen-bond acceptors (Lipinski definition) is 6. The van der Waals surface area contributed by atoms with Crippen LogP contribution in [-0.4, -0.2) is 18.3 Å². The van der Waals surface area contributed by atoms with Gasteiger partial charge >= 0.3 is 0 Å². The molecular weight excluding hydrogens is 284 g/mol. The van der Waals surface area contributed by atoms with E-state index in [1.807, 2.05) is 0 Å². The van der Waals surface area contributed by atoms with Crippen LogP contribution in [0, 0.1) is 10.1 Å². The molecule has 0 fully saturated rings. The third-order valence-electron chi connectivity index (χ3n) is 1.70. The normalized spacial score (nSPS) is 11.8. The Hall–Kier alpha value is -1.55. The van der Waals surface area contributed by atoms with Crippen molar-refractivity contribution in [2.45, 2.75) is 11.5 Å². The number of halogens is 3. The van der Waals surface area contributed by atoms with Crippen molar-refractivity contribution < 1.29 is 22.1 Å². The van der Waals surface area contributed by atoms with Gasteiger partial charge in [0, 0.05) is 10.7 Å². The van der Waals surface area contributed by atoms with Crippen molar-refractivity contribution in [3.8, 4) is 0 Å². The first-order valence-corrected chi connectivity index (χ1v) is 6.13. The van der Waals surface area contributed by atoms with Gasteiger partial charge in [-0.1, -0.05) is 0 Å². The number of nitrogen functional groups attached to an aromatic ring is 1. The van der Waals surface area contributed by atoms with Crippen LogP contribution in [0.25, 0.3) is 0 Å². The Morgan fingerprint density at radius 2 is 2.06 bits per heavy atom. The Labute approximate surface area is 97.8 Å². The number of pyridine rings is 1. The number of hydrogen-bond donors (Lipinski definition) is 1. The van der Waals surface area contributed by atoms with Gasteiger partial charge in [0.1, 0.15) is 11.4 Å².